The third-order valence-corrected chi connectivity index (χ3v) is 2.94. The molecule has 0 saturated heterocycles. The van der Waals surface area contributed by atoms with E-state index in [0.29, 0.717) is 12.0 Å². The second-order valence-electron chi connectivity index (χ2n) is 5.58. The molecule has 0 saturated carbocycles. The van der Waals surface area contributed by atoms with Crippen molar-refractivity contribution in [3.05, 3.63) is 36.5 Å². The van der Waals surface area contributed by atoms with Crippen LogP contribution in [0.15, 0.2) is 31.0 Å². The number of hydrogen-bond acceptors (Lipinski definition) is 3. The highest BCUT2D eigenvalue weighted by atomic mass is 15.2. The lowest BCUT2D eigenvalue weighted by Gasteiger charge is -2.26. The van der Waals surface area contributed by atoms with Crippen molar-refractivity contribution < 1.29 is 0 Å². The standard InChI is InChI=1S/C16H27N3/c1-6-9-19(14(4)5)16-10-15(7-8-18-16)12-17-11-13(2)3/h6-8,10,13-14,17H,1,9,11-12H2,2-5H3. The molecule has 0 fully saturated rings. The highest BCUT2D eigenvalue weighted by Gasteiger charge is 2.10. The molecule has 1 aromatic heterocycles. The summed E-state index contributed by atoms with van der Waals surface area (Å²) in [6.45, 7) is 15.4. The van der Waals surface area contributed by atoms with Gasteiger partial charge in [0.05, 0.1) is 0 Å². The fourth-order valence-corrected chi connectivity index (χ4v) is 1.94. The van der Waals surface area contributed by atoms with Gasteiger partial charge in [0.25, 0.3) is 0 Å². The number of pyridine rings is 1. The largest absolute Gasteiger partial charge is 0.350 e. The van der Waals surface area contributed by atoms with Crippen LogP contribution in [-0.2, 0) is 6.54 Å². The molecule has 106 valence electrons. The van der Waals surface area contributed by atoms with E-state index in [1.807, 2.05) is 12.3 Å². The number of nitrogens with zero attached hydrogens (tertiary/aromatic N) is 2. The Hall–Kier alpha value is -1.35. The molecule has 0 unspecified atom stereocenters. The summed E-state index contributed by atoms with van der Waals surface area (Å²) in [5.41, 5.74) is 1.28. The summed E-state index contributed by atoms with van der Waals surface area (Å²) in [4.78, 5) is 6.72. The molecule has 0 aliphatic carbocycles. The van der Waals surface area contributed by atoms with E-state index in [4.69, 9.17) is 0 Å². The van der Waals surface area contributed by atoms with Crippen molar-refractivity contribution in [2.45, 2.75) is 40.3 Å². The number of rotatable bonds is 8. The van der Waals surface area contributed by atoms with Gasteiger partial charge in [-0.1, -0.05) is 19.9 Å². The van der Waals surface area contributed by atoms with Crippen LogP contribution in [0.25, 0.3) is 0 Å². The van der Waals surface area contributed by atoms with E-state index in [9.17, 15) is 0 Å². The first kappa shape index (κ1) is 15.7. The van der Waals surface area contributed by atoms with Gasteiger partial charge in [-0.15, -0.1) is 6.58 Å². The fourth-order valence-electron chi connectivity index (χ4n) is 1.94. The first-order chi connectivity index (χ1) is 9.04. The molecular weight excluding hydrogens is 234 g/mol. The molecule has 0 bridgehead atoms. The summed E-state index contributed by atoms with van der Waals surface area (Å²) in [5.74, 6) is 1.70. The van der Waals surface area contributed by atoms with Crippen molar-refractivity contribution in [3.63, 3.8) is 0 Å². The van der Waals surface area contributed by atoms with Crippen LogP contribution >= 0.6 is 0 Å². The molecule has 0 aromatic carbocycles. The first-order valence-corrected chi connectivity index (χ1v) is 7.07. The SMILES string of the molecule is C=CCN(c1cc(CNCC(C)C)ccn1)C(C)C. The van der Waals surface area contributed by atoms with Gasteiger partial charge >= 0.3 is 0 Å². The topological polar surface area (TPSA) is 28.2 Å². The maximum Gasteiger partial charge on any atom is 0.129 e. The van der Waals surface area contributed by atoms with Crippen molar-refractivity contribution in [2.75, 3.05) is 18.0 Å². The third-order valence-electron chi connectivity index (χ3n) is 2.94. The minimum absolute atomic E-state index is 0.421. The highest BCUT2D eigenvalue weighted by molar-refractivity contribution is 5.42. The molecule has 0 amide bonds. The molecule has 0 atom stereocenters. The Balaban J connectivity index is 2.71. The van der Waals surface area contributed by atoms with E-state index < -0.39 is 0 Å². The zero-order valence-electron chi connectivity index (χ0n) is 12.7. The summed E-state index contributed by atoms with van der Waals surface area (Å²) < 4.78 is 0. The number of aromatic nitrogens is 1. The van der Waals surface area contributed by atoms with Gasteiger partial charge in [0.15, 0.2) is 0 Å². The first-order valence-electron chi connectivity index (χ1n) is 7.07. The molecule has 3 heteroatoms. The molecular formula is C16H27N3. The van der Waals surface area contributed by atoms with Gasteiger partial charge in [0.2, 0.25) is 0 Å². The summed E-state index contributed by atoms with van der Waals surface area (Å²) in [7, 11) is 0. The van der Waals surface area contributed by atoms with Gasteiger partial charge in [0.1, 0.15) is 5.82 Å². The Morgan fingerprint density at radius 1 is 1.37 bits per heavy atom. The van der Waals surface area contributed by atoms with Gasteiger partial charge in [-0.2, -0.15) is 0 Å². The van der Waals surface area contributed by atoms with Crippen molar-refractivity contribution in [3.8, 4) is 0 Å². The van der Waals surface area contributed by atoms with Crippen molar-refractivity contribution in [1.29, 1.82) is 0 Å². The van der Waals surface area contributed by atoms with Gasteiger partial charge in [0, 0.05) is 25.3 Å². The van der Waals surface area contributed by atoms with E-state index >= 15 is 0 Å². The second kappa shape index (κ2) is 7.95. The average molecular weight is 261 g/mol. The molecule has 1 aromatic rings. The van der Waals surface area contributed by atoms with Crippen LogP contribution in [0.1, 0.15) is 33.3 Å². The lowest BCUT2D eigenvalue weighted by atomic mass is 10.2. The van der Waals surface area contributed by atoms with Crippen molar-refractivity contribution >= 4 is 5.82 Å². The smallest absolute Gasteiger partial charge is 0.129 e. The van der Waals surface area contributed by atoms with Gasteiger partial charge in [-0.25, -0.2) is 4.98 Å². The normalized spacial score (nSPS) is 11.1. The Morgan fingerprint density at radius 3 is 2.68 bits per heavy atom. The summed E-state index contributed by atoms with van der Waals surface area (Å²) in [6, 6.07) is 4.66. The van der Waals surface area contributed by atoms with Gasteiger partial charge in [-0.3, -0.25) is 0 Å². The van der Waals surface area contributed by atoms with E-state index in [2.05, 4.69) is 61.6 Å². The number of hydrogen-bond donors (Lipinski definition) is 1. The summed E-state index contributed by atoms with van der Waals surface area (Å²) in [5, 5.41) is 3.46. The molecule has 0 spiro atoms. The zero-order valence-corrected chi connectivity index (χ0v) is 12.7. The van der Waals surface area contributed by atoms with Gasteiger partial charge < -0.3 is 10.2 Å². The van der Waals surface area contributed by atoms with E-state index in [1.54, 1.807) is 0 Å². The predicted molar refractivity (Wildman–Crippen MR) is 83.5 cm³/mol. The Morgan fingerprint density at radius 2 is 2.11 bits per heavy atom. The minimum Gasteiger partial charge on any atom is -0.350 e. The molecule has 0 aliphatic heterocycles. The molecule has 1 rings (SSSR count). The van der Waals surface area contributed by atoms with Crippen LogP contribution in [-0.4, -0.2) is 24.1 Å². The monoisotopic (exact) mass is 261 g/mol. The number of nitrogens with one attached hydrogen (secondary N) is 1. The van der Waals surface area contributed by atoms with Crippen LogP contribution in [0.4, 0.5) is 5.82 Å². The minimum atomic E-state index is 0.421. The Labute approximate surface area is 117 Å². The maximum absolute atomic E-state index is 4.47. The molecule has 3 nitrogen and oxygen atoms in total. The summed E-state index contributed by atoms with van der Waals surface area (Å²) >= 11 is 0. The second-order valence-corrected chi connectivity index (χ2v) is 5.58. The van der Waals surface area contributed by atoms with Crippen LogP contribution in [0.5, 0.6) is 0 Å². The van der Waals surface area contributed by atoms with Gasteiger partial charge in [-0.05, 0) is 44.0 Å². The van der Waals surface area contributed by atoms with Crippen molar-refractivity contribution in [2.24, 2.45) is 5.92 Å². The third kappa shape index (κ3) is 5.43. The summed E-state index contributed by atoms with van der Waals surface area (Å²) in [6.07, 6.45) is 3.81. The molecule has 1 N–H and O–H groups in total. The maximum atomic E-state index is 4.47. The number of anilines is 1. The fraction of sp³-hybridized carbons (Fsp3) is 0.562. The predicted octanol–water partition coefficient (Wildman–Crippen LogP) is 3.23. The van der Waals surface area contributed by atoms with E-state index in [-0.39, 0.29) is 0 Å². The zero-order chi connectivity index (χ0) is 14.3. The van der Waals surface area contributed by atoms with Crippen LogP contribution < -0.4 is 10.2 Å². The van der Waals surface area contributed by atoms with Crippen LogP contribution in [0, 0.1) is 5.92 Å². The Bertz CT molecular complexity index is 385. The molecule has 0 aliphatic rings. The average Bonchev–Trinajstić information content (AvgIpc) is 2.35. The molecule has 0 radical (unpaired) electrons. The van der Waals surface area contributed by atoms with E-state index in [0.717, 1.165) is 25.5 Å². The lowest BCUT2D eigenvalue weighted by molar-refractivity contribution is 0.552. The molecule has 1 heterocycles. The molecule has 19 heavy (non-hydrogen) atoms. The quantitative estimate of drug-likeness (QED) is 0.728. The van der Waals surface area contributed by atoms with Crippen molar-refractivity contribution in [1.82, 2.24) is 10.3 Å². The lowest BCUT2D eigenvalue weighted by Crippen LogP contribution is -2.31. The van der Waals surface area contributed by atoms with Crippen LogP contribution in [0.3, 0.4) is 0 Å². The Kier molecular flexibility index (Phi) is 6.57. The highest BCUT2D eigenvalue weighted by Crippen LogP contribution is 2.15. The van der Waals surface area contributed by atoms with Crippen LogP contribution in [0.2, 0.25) is 0 Å². The van der Waals surface area contributed by atoms with E-state index in [1.165, 1.54) is 5.56 Å².